The second-order valence-corrected chi connectivity index (χ2v) is 8.28. The first kappa shape index (κ1) is 21.0. The highest BCUT2D eigenvalue weighted by atomic mass is 32.2. The Morgan fingerprint density at radius 2 is 1.76 bits per heavy atom. The van der Waals surface area contributed by atoms with E-state index in [0.29, 0.717) is 5.75 Å². The van der Waals surface area contributed by atoms with Crippen LogP contribution in [0, 0.1) is 0 Å². The summed E-state index contributed by atoms with van der Waals surface area (Å²) in [4.78, 5) is 11.5. The average Bonchev–Trinajstić information content (AvgIpc) is 2.54. The van der Waals surface area contributed by atoms with E-state index in [1.807, 2.05) is 20.8 Å². The lowest BCUT2D eigenvalue weighted by Crippen LogP contribution is -2.29. The van der Waals surface area contributed by atoms with Crippen LogP contribution in [-0.2, 0) is 14.6 Å². The summed E-state index contributed by atoms with van der Waals surface area (Å²) >= 11 is 0. The molecule has 0 aliphatic carbocycles. The van der Waals surface area contributed by atoms with Crippen molar-refractivity contribution in [1.82, 2.24) is 0 Å². The lowest BCUT2D eigenvalue weighted by molar-refractivity contribution is -0.136. The van der Waals surface area contributed by atoms with Crippen LogP contribution in [0.1, 0.15) is 40.0 Å². The lowest BCUT2D eigenvalue weighted by Gasteiger charge is -2.13. The number of rotatable bonds is 9. The monoisotopic (exact) mass is 366 g/mol. The summed E-state index contributed by atoms with van der Waals surface area (Å²) in [6, 6.07) is 5.75. The molecule has 0 aliphatic rings. The van der Waals surface area contributed by atoms with Crippen molar-refractivity contribution in [3.63, 3.8) is 0 Å². The molecular formula is C19H26O5S. The van der Waals surface area contributed by atoms with Crippen molar-refractivity contribution in [3.8, 4) is 5.75 Å². The number of sulfone groups is 1. The minimum absolute atomic E-state index is 0.0173. The predicted octanol–water partition coefficient (Wildman–Crippen LogP) is 4.00. The number of hydrogen-bond acceptors (Lipinski definition) is 4. The van der Waals surface area contributed by atoms with Gasteiger partial charge in [-0.05, 0) is 64.3 Å². The van der Waals surface area contributed by atoms with Crippen LogP contribution in [0.25, 0.3) is 0 Å². The van der Waals surface area contributed by atoms with E-state index in [-0.39, 0.29) is 11.3 Å². The molecule has 0 fully saturated rings. The van der Waals surface area contributed by atoms with Crippen molar-refractivity contribution in [2.24, 2.45) is 0 Å². The van der Waals surface area contributed by atoms with Crippen molar-refractivity contribution in [1.29, 1.82) is 0 Å². The summed E-state index contributed by atoms with van der Waals surface area (Å²) in [5.74, 6) is -0.829. The molecule has 0 saturated heterocycles. The molecule has 0 aromatic heterocycles. The van der Waals surface area contributed by atoms with Crippen LogP contribution in [0.5, 0.6) is 5.75 Å². The maximum Gasteiger partial charge on any atom is 0.322 e. The molecule has 1 rings (SSSR count). The predicted molar refractivity (Wildman–Crippen MR) is 98.6 cm³/mol. The molecule has 0 aliphatic heterocycles. The zero-order valence-electron chi connectivity index (χ0n) is 15.2. The van der Waals surface area contributed by atoms with E-state index in [0.717, 1.165) is 18.4 Å². The van der Waals surface area contributed by atoms with Crippen LogP contribution in [0.2, 0.25) is 0 Å². The second-order valence-electron chi connectivity index (χ2n) is 6.15. The zero-order chi connectivity index (χ0) is 19.0. The van der Waals surface area contributed by atoms with E-state index in [1.165, 1.54) is 36.9 Å². The fraction of sp³-hybridized carbons (Fsp3) is 0.421. The number of carboxylic acids is 1. The van der Waals surface area contributed by atoms with E-state index >= 15 is 0 Å². The third-order valence-corrected chi connectivity index (χ3v) is 5.88. The molecular weight excluding hydrogens is 340 g/mol. The van der Waals surface area contributed by atoms with E-state index < -0.39 is 21.1 Å². The molecule has 6 heteroatoms. The molecule has 1 aromatic carbocycles. The van der Waals surface area contributed by atoms with E-state index in [2.05, 4.69) is 6.08 Å². The summed E-state index contributed by atoms with van der Waals surface area (Å²) in [7, 11) is -2.49. The third kappa shape index (κ3) is 6.38. The van der Waals surface area contributed by atoms with Crippen LogP contribution in [0.15, 0.2) is 52.5 Å². The maximum absolute atomic E-state index is 12.6. The van der Waals surface area contributed by atoms with E-state index in [1.54, 1.807) is 6.08 Å². The topological polar surface area (TPSA) is 80.7 Å². The number of allylic oxidation sites excluding steroid dienone is 4. The Bertz CT molecular complexity index is 739. The van der Waals surface area contributed by atoms with Crippen molar-refractivity contribution in [2.75, 3.05) is 7.11 Å². The summed E-state index contributed by atoms with van der Waals surface area (Å²) < 4.78 is 30.3. The lowest BCUT2D eigenvalue weighted by atomic mass is 10.1. The maximum atomic E-state index is 12.6. The Hall–Kier alpha value is -2.08. The first-order valence-corrected chi connectivity index (χ1v) is 9.63. The fourth-order valence-electron chi connectivity index (χ4n) is 2.29. The Labute approximate surface area is 149 Å². The first-order chi connectivity index (χ1) is 11.7. The van der Waals surface area contributed by atoms with Crippen LogP contribution in [0.3, 0.4) is 0 Å². The number of methoxy groups -OCH3 is 1. The minimum atomic E-state index is -3.97. The quantitative estimate of drug-likeness (QED) is 0.668. The standard InChI is InChI=1S/C19H26O5S/c1-14(2)6-5-7-15(3)8-13-18(19(20)21)25(22,23)17-11-9-16(24-4)10-12-17/h6,8-12,18H,5,7,13H2,1-4H3,(H,20,21). The minimum Gasteiger partial charge on any atom is -0.497 e. The molecule has 25 heavy (non-hydrogen) atoms. The molecule has 0 radical (unpaired) electrons. The van der Waals surface area contributed by atoms with Gasteiger partial charge in [-0.25, -0.2) is 8.42 Å². The third-order valence-electron chi connectivity index (χ3n) is 3.81. The highest BCUT2D eigenvalue weighted by Gasteiger charge is 2.33. The van der Waals surface area contributed by atoms with Gasteiger partial charge in [-0.1, -0.05) is 23.3 Å². The molecule has 0 bridgehead atoms. The molecule has 138 valence electrons. The molecule has 1 unspecified atom stereocenters. The molecule has 1 aromatic rings. The van der Waals surface area contributed by atoms with Crippen molar-refractivity contribution >= 4 is 15.8 Å². The summed E-state index contributed by atoms with van der Waals surface area (Å²) in [5, 5.41) is 7.89. The Kier molecular flexibility index (Phi) is 7.90. The van der Waals surface area contributed by atoms with Crippen LogP contribution in [0.4, 0.5) is 0 Å². The van der Waals surface area contributed by atoms with Gasteiger partial charge in [0.2, 0.25) is 0 Å². The van der Waals surface area contributed by atoms with Gasteiger partial charge in [0.25, 0.3) is 0 Å². The number of benzene rings is 1. The van der Waals surface area contributed by atoms with Gasteiger partial charge in [-0.15, -0.1) is 0 Å². The van der Waals surface area contributed by atoms with Gasteiger partial charge in [0.05, 0.1) is 12.0 Å². The average molecular weight is 366 g/mol. The first-order valence-electron chi connectivity index (χ1n) is 8.08. The van der Waals surface area contributed by atoms with Gasteiger partial charge in [-0.2, -0.15) is 0 Å². The van der Waals surface area contributed by atoms with Gasteiger partial charge in [-0.3, -0.25) is 4.79 Å². The highest BCUT2D eigenvalue weighted by molar-refractivity contribution is 7.92. The van der Waals surface area contributed by atoms with Gasteiger partial charge in [0, 0.05) is 0 Å². The van der Waals surface area contributed by atoms with Gasteiger partial charge in [0.15, 0.2) is 15.1 Å². The van der Waals surface area contributed by atoms with Crippen LogP contribution >= 0.6 is 0 Å². The Morgan fingerprint density at radius 3 is 2.24 bits per heavy atom. The van der Waals surface area contributed by atoms with Gasteiger partial charge in [0.1, 0.15) is 5.75 Å². The van der Waals surface area contributed by atoms with Gasteiger partial charge < -0.3 is 9.84 Å². The van der Waals surface area contributed by atoms with Crippen molar-refractivity contribution in [3.05, 3.63) is 47.6 Å². The molecule has 5 nitrogen and oxygen atoms in total. The summed E-state index contributed by atoms with van der Waals surface area (Å²) in [6.45, 7) is 5.92. The van der Waals surface area contributed by atoms with E-state index in [9.17, 15) is 18.3 Å². The SMILES string of the molecule is COc1ccc(S(=O)(=O)C(CC=C(C)CCC=C(C)C)C(=O)O)cc1. The summed E-state index contributed by atoms with van der Waals surface area (Å²) in [5.41, 5.74) is 2.20. The molecule has 0 saturated carbocycles. The molecule has 0 heterocycles. The van der Waals surface area contributed by atoms with Gasteiger partial charge >= 0.3 is 5.97 Å². The molecule has 1 N–H and O–H groups in total. The number of aliphatic carboxylic acids is 1. The van der Waals surface area contributed by atoms with Crippen molar-refractivity contribution in [2.45, 2.75) is 50.2 Å². The Morgan fingerprint density at radius 1 is 1.16 bits per heavy atom. The molecule has 0 spiro atoms. The molecule has 0 amide bonds. The van der Waals surface area contributed by atoms with Crippen molar-refractivity contribution < 1.29 is 23.1 Å². The molecule has 1 atom stereocenters. The smallest absolute Gasteiger partial charge is 0.322 e. The summed E-state index contributed by atoms with van der Waals surface area (Å²) in [6.07, 6.45) is 5.39. The number of ether oxygens (including phenoxy) is 1. The largest absolute Gasteiger partial charge is 0.497 e. The normalized spacial score (nSPS) is 13.2. The van der Waals surface area contributed by atoms with Crippen LogP contribution in [-0.4, -0.2) is 31.9 Å². The number of carboxylic acid groups (broad SMARTS) is 1. The number of hydrogen-bond donors (Lipinski definition) is 1. The van der Waals surface area contributed by atoms with Crippen LogP contribution < -0.4 is 4.74 Å². The second kappa shape index (κ2) is 9.42. The highest BCUT2D eigenvalue weighted by Crippen LogP contribution is 2.23. The number of carbonyl (C=O) groups is 1. The fourth-order valence-corrected chi connectivity index (χ4v) is 3.75. The zero-order valence-corrected chi connectivity index (χ0v) is 16.0. The van der Waals surface area contributed by atoms with E-state index in [4.69, 9.17) is 4.74 Å². The Balaban J connectivity index is 2.94.